The monoisotopic (exact) mass is 502 g/mol. The lowest BCUT2D eigenvalue weighted by molar-refractivity contribution is -0.140. The third-order valence-electron chi connectivity index (χ3n) is 3.25. The Bertz CT molecular complexity index is 698. The van der Waals surface area contributed by atoms with E-state index in [2.05, 4.69) is 25.7 Å². The van der Waals surface area contributed by atoms with Crippen molar-refractivity contribution in [2.75, 3.05) is 13.1 Å². The van der Waals surface area contributed by atoms with Crippen molar-refractivity contribution >= 4 is 41.3 Å². The summed E-state index contributed by atoms with van der Waals surface area (Å²) >= 11 is 0.961. The highest BCUT2D eigenvalue weighted by Gasteiger charge is 2.33. The topological polar surface area (TPSA) is 67.1 Å². The van der Waals surface area contributed by atoms with Crippen molar-refractivity contribution in [2.24, 2.45) is 12.0 Å². The minimum absolute atomic E-state index is 0. The first kappa shape index (κ1) is 22.7. The normalized spacial score (nSPS) is 12.0. The molecule has 2 aromatic rings. The number of aryl methyl sites for hydroxylation is 2. The average molecular weight is 502 g/mol. The summed E-state index contributed by atoms with van der Waals surface area (Å²) < 4.78 is 39.4. The summed E-state index contributed by atoms with van der Waals surface area (Å²) in [6.07, 6.45) is 1.18. The molecule has 0 aliphatic heterocycles. The molecule has 146 valence electrons. The maximum Gasteiger partial charge on any atom is 0.434 e. The molecule has 0 bridgehead atoms. The molecule has 0 amide bonds. The van der Waals surface area contributed by atoms with E-state index < -0.39 is 11.9 Å². The quantitative estimate of drug-likeness (QED) is 0.264. The number of aromatic nitrogens is 3. The zero-order chi connectivity index (χ0) is 18.3. The number of thiazole rings is 1. The highest BCUT2D eigenvalue weighted by molar-refractivity contribution is 14.0. The Kier molecular flexibility index (Phi) is 9.33. The maximum absolute atomic E-state index is 12.5. The number of nitrogens with one attached hydrogen (secondary N) is 2. The number of guanidine groups is 1. The number of halogens is 4. The predicted molar refractivity (Wildman–Crippen MR) is 107 cm³/mol. The molecule has 0 spiro atoms. The number of alkyl halides is 3. The Morgan fingerprint density at radius 1 is 1.35 bits per heavy atom. The first-order valence-corrected chi connectivity index (χ1v) is 8.77. The van der Waals surface area contributed by atoms with Gasteiger partial charge in [-0.25, -0.2) is 9.98 Å². The second-order valence-electron chi connectivity index (χ2n) is 5.37. The molecule has 26 heavy (non-hydrogen) atoms. The van der Waals surface area contributed by atoms with Gasteiger partial charge in [-0.3, -0.25) is 4.68 Å². The van der Waals surface area contributed by atoms with Crippen LogP contribution in [0.4, 0.5) is 13.2 Å². The molecule has 2 heterocycles. The van der Waals surface area contributed by atoms with Crippen LogP contribution in [0.25, 0.3) is 0 Å². The highest BCUT2D eigenvalue weighted by atomic mass is 127. The molecular formula is C15H22F3IN6S. The van der Waals surface area contributed by atoms with Crippen LogP contribution < -0.4 is 10.6 Å². The molecule has 2 rings (SSSR count). The fraction of sp³-hybridized carbons (Fsp3) is 0.533. The van der Waals surface area contributed by atoms with E-state index >= 15 is 0 Å². The van der Waals surface area contributed by atoms with Crippen molar-refractivity contribution in [1.29, 1.82) is 0 Å². The minimum atomic E-state index is -4.41. The Labute approximate surface area is 171 Å². The summed E-state index contributed by atoms with van der Waals surface area (Å²) in [4.78, 5) is 7.86. The molecule has 0 atom stereocenters. The standard InChI is InChI=1S/C15H21F3N6S.HI/c1-3-19-14(20-6-4-5-11-7-22-24(2)9-11)21-8-13-23-12(10-25-13)15(16,17)18;/h7,9-10H,3-6,8H2,1-2H3,(H2,19,20,21);1H. The molecule has 0 radical (unpaired) electrons. The van der Waals surface area contributed by atoms with E-state index in [9.17, 15) is 13.2 Å². The van der Waals surface area contributed by atoms with Crippen LogP contribution in [0, 0.1) is 0 Å². The zero-order valence-corrected chi connectivity index (χ0v) is 17.7. The van der Waals surface area contributed by atoms with Gasteiger partial charge in [-0.05, 0) is 25.3 Å². The smallest absolute Gasteiger partial charge is 0.357 e. The third-order valence-corrected chi connectivity index (χ3v) is 4.09. The van der Waals surface area contributed by atoms with E-state index in [-0.39, 0.29) is 30.5 Å². The minimum Gasteiger partial charge on any atom is -0.357 e. The van der Waals surface area contributed by atoms with Crippen LogP contribution in [-0.4, -0.2) is 33.8 Å². The van der Waals surface area contributed by atoms with E-state index in [0.29, 0.717) is 24.1 Å². The van der Waals surface area contributed by atoms with Gasteiger partial charge in [0.05, 0.1) is 12.7 Å². The number of hydrogen-bond acceptors (Lipinski definition) is 4. The Hall–Kier alpha value is -1.37. The third kappa shape index (κ3) is 7.48. The second-order valence-corrected chi connectivity index (χ2v) is 6.31. The van der Waals surface area contributed by atoms with Crippen LogP contribution in [0.1, 0.15) is 29.6 Å². The van der Waals surface area contributed by atoms with Gasteiger partial charge in [0.1, 0.15) is 5.01 Å². The Balaban J connectivity index is 0.00000338. The Morgan fingerprint density at radius 3 is 2.69 bits per heavy atom. The SMILES string of the molecule is CCNC(=NCc1nc(C(F)(F)F)cs1)NCCCc1cnn(C)c1.I. The van der Waals surface area contributed by atoms with Crippen LogP contribution in [0.15, 0.2) is 22.8 Å². The van der Waals surface area contributed by atoms with Crippen LogP contribution in [-0.2, 0) is 26.2 Å². The largest absolute Gasteiger partial charge is 0.434 e. The van der Waals surface area contributed by atoms with Crippen molar-refractivity contribution in [3.05, 3.63) is 34.0 Å². The van der Waals surface area contributed by atoms with Crippen molar-refractivity contribution < 1.29 is 13.2 Å². The lowest BCUT2D eigenvalue weighted by Crippen LogP contribution is -2.37. The molecule has 0 unspecified atom stereocenters. The van der Waals surface area contributed by atoms with Crippen LogP contribution in [0.3, 0.4) is 0 Å². The number of rotatable bonds is 7. The van der Waals surface area contributed by atoms with E-state index in [4.69, 9.17) is 0 Å². The number of hydrogen-bond donors (Lipinski definition) is 2. The second kappa shape index (κ2) is 10.7. The van der Waals surface area contributed by atoms with E-state index in [1.807, 2.05) is 26.4 Å². The first-order valence-electron chi connectivity index (χ1n) is 7.89. The summed E-state index contributed by atoms with van der Waals surface area (Å²) in [6, 6.07) is 0. The maximum atomic E-state index is 12.5. The number of nitrogens with zero attached hydrogens (tertiary/aromatic N) is 4. The van der Waals surface area contributed by atoms with E-state index in [1.165, 1.54) is 0 Å². The van der Waals surface area contributed by atoms with Crippen molar-refractivity contribution in [3.63, 3.8) is 0 Å². The summed E-state index contributed by atoms with van der Waals surface area (Å²) in [7, 11) is 1.88. The van der Waals surface area contributed by atoms with Gasteiger partial charge in [0, 0.05) is 31.7 Å². The van der Waals surface area contributed by atoms with Crippen LogP contribution in [0.2, 0.25) is 0 Å². The molecule has 0 aliphatic carbocycles. The summed E-state index contributed by atoms with van der Waals surface area (Å²) in [5.74, 6) is 0.567. The fourth-order valence-corrected chi connectivity index (χ4v) is 2.83. The number of aliphatic imine (C=N–C) groups is 1. The Morgan fingerprint density at radius 2 is 2.12 bits per heavy atom. The van der Waals surface area contributed by atoms with Gasteiger partial charge in [0.15, 0.2) is 11.7 Å². The molecule has 0 saturated heterocycles. The summed E-state index contributed by atoms with van der Waals surface area (Å²) in [5.41, 5.74) is 0.297. The van der Waals surface area contributed by atoms with Gasteiger partial charge in [-0.15, -0.1) is 35.3 Å². The van der Waals surface area contributed by atoms with Crippen LogP contribution >= 0.6 is 35.3 Å². The molecule has 11 heteroatoms. The first-order chi connectivity index (χ1) is 11.9. The van der Waals surface area contributed by atoms with Gasteiger partial charge >= 0.3 is 6.18 Å². The fourth-order valence-electron chi connectivity index (χ4n) is 2.10. The molecule has 0 saturated carbocycles. The van der Waals surface area contributed by atoms with Crippen molar-refractivity contribution in [3.8, 4) is 0 Å². The van der Waals surface area contributed by atoms with E-state index in [0.717, 1.165) is 35.1 Å². The summed E-state index contributed by atoms with van der Waals surface area (Å²) in [5, 5.41) is 11.7. The van der Waals surface area contributed by atoms with Gasteiger partial charge in [0.25, 0.3) is 0 Å². The molecule has 6 nitrogen and oxygen atoms in total. The zero-order valence-electron chi connectivity index (χ0n) is 14.5. The molecular weight excluding hydrogens is 480 g/mol. The van der Waals surface area contributed by atoms with Gasteiger partial charge in [0.2, 0.25) is 0 Å². The van der Waals surface area contributed by atoms with Crippen molar-refractivity contribution in [2.45, 2.75) is 32.5 Å². The molecule has 0 fully saturated rings. The van der Waals surface area contributed by atoms with E-state index in [1.54, 1.807) is 4.68 Å². The molecule has 0 aromatic carbocycles. The molecule has 2 aromatic heterocycles. The summed E-state index contributed by atoms with van der Waals surface area (Å²) in [6.45, 7) is 3.41. The molecule has 0 aliphatic rings. The lowest BCUT2D eigenvalue weighted by Gasteiger charge is -2.10. The predicted octanol–water partition coefficient (Wildman–Crippen LogP) is 3.20. The van der Waals surface area contributed by atoms with Gasteiger partial charge in [-0.2, -0.15) is 18.3 Å². The van der Waals surface area contributed by atoms with Crippen LogP contribution in [0.5, 0.6) is 0 Å². The average Bonchev–Trinajstić information content (AvgIpc) is 3.17. The van der Waals surface area contributed by atoms with Gasteiger partial charge in [-0.1, -0.05) is 0 Å². The lowest BCUT2D eigenvalue weighted by atomic mass is 10.2. The highest BCUT2D eigenvalue weighted by Crippen LogP contribution is 2.30. The molecule has 2 N–H and O–H groups in total. The van der Waals surface area contributed by atoms with Gasteiger partial charge < -0.3 is 10.6 Å². The van der Waals surface area contributed by atoms with Crippen molar-refractivity contribution in [1.82, 2.24) is 25.4 Å².